The summed E-state index contributed by atoms with van der Waals surface area (Å²) in [7, 11) is 0. The smallest absolute Gasteiger partial charge is 0.402 e. The third-order valence-corrected chi connectivity index (χ3v) is 4.25. The maximum atomic E-state index is 9.81. The number of fused-ring (bicyclic) bond motifs is 1. The fourth-order valence-corrected chi connectivity index (χ4v) is 2.74. The molecule has 3 heterocycles. The number of aromatic hydroxyl groups is 1. The fourth-order valence-electron chi connectivity index (χ4n) is 2.74. The molecule has 0 aliphatic heterocycles. The monoisotopic (exact) mass is 305 g/mol. The van der Waals surface area contributed by atoms with Crippen LogP contribution in [0.25, 0.3) is 22.7 Å². The van der Waals surface area contributed by atoms with E-state index < -0.39 is 0 Å². The number of nitrogens with zero attached hydrogens (tertiary/aromatic N) is 3. The molecule has 0 aliphatic carbocycles. The number of nitrogens with one attached hydrogen (secondary N) is 1. The molecule has 5 heteroatoms. The van der Waals surface area contributed by atoms with Crippen molar-refractivity contribution in [3.63, 3.8) is 0 Å². The van der Waals surface area contributed by atoms with Gasteiger partial charge in [-0.05, 0) is 38.1 Å². The van der Waals surface area contributed by atoms with Crippen molar-refractivity contribution in [2.45, 2.75) is 13.8 Å². The zero-order valence-electron chi connectivity index (χ0n) is 13.0. The molecule has 0 spiro atoms. The minimum atomic E-state index is 0.296. The molecule has 0 atom stereocenters. The Morgan fingerprint density at radius 1 is 1.13 bits per heavy atom. The standard InChI is InChI=1S/C18H16N4O/c1-12-13(2)22(10-7-17(12)23)18-19-15-6-5-14(11-16(15)20-18)21-8-3-4-9-21/h3-11H,1-2H3,(H,19,20)/p+1. The van der Waals surface area contributed by atoms with Crippen LogP contribution in [-0.2, 0) is 0 Å². The Morgan fingerprint density at radius 2 is 1.91 bits per heavy atom. The third-order valence-electron chi connectivity index (χ3n) is 4.25. The second-order valence-electron chi connectivity index (χ2n) is 5.63. The van der Waals surface area contributed by atoms with E-state index >= 15 is 0 Å². The second-order valence-corrected chi connectivity index (χ2v) is 5.63. The van der Waals surface area contributed by atoms with Gasteiger partial charge in [-0.15, -0.1) is 0 Å². The van der Waals surface area contributed by atoms with Crippen molar-refractivity contribution >= 4 is 11.0 Å². The average molecular weight is 305 g/mol. The summed E-state index contributed by atoms with van der Waals surface area (Å²) in [5.41, 5.74) is 4.76. The number of aromatic nitrogens is 4. The fraction of sp³-hybridized carbons (Fsp3) is 0.111. The molecule has 1 aromatic carbocycles. The molecule has 0 amide bonds. The summed E-state index contributed by atoms with van der Waals surface area (Å²) >= 11 is 0. The summed E-state index contributed by atoms with van der Waals surface area (Å²) < 4.78 is 4.00. The van der Waals surface area contributed by atoms with Gasteiger partial charge < -0.3 is 9.67 Å². The topological polar surface area (TPSA) is 57.7 Å². The zero-order valence-corrected chi connectivity index (χ0v) is 13.0. The van der Waals surface area contributed by atoms with Gasteiger partial charge in [-0.2, -0.15) is 0 Å². The predicted octanol–water partition coefficient (Wildman–Crippen LogP) is 2.95. The van der Waals surface area contributed by atoms with Crippen LogP contribution in [0.1, 0.15) is 11.3 Å². The van der Waals surface area contributed by atoms with E-state index in [1.54, 1.807) is 6.07 Å². The van der Waals surface area contributed by atoms with Crippen LogP contribution in [0.15, 0.2) is 55.0 Å². The van der Waals surface area contributed by atoms with Crippen LogP contribution in [0.5, 0.6) is 5.75 Å². The molecular weight excluding hydrogens is 288 g/mol. The lowest BCUT2D eigenvalue weighted by atomic mass is 10.2. The minimum Gasteiger partial charge on any atom is -0.507 e. The molecule has 2 N–H and O–H groups in total. The van der Waals surface area contributed by atoms with Crippen LogP contribution in [-0.4, -0.2) is 19.6 Å². The third kappa shape index (κ3) is 2.17. The summed E-state index contributed by atoms with van der Waals surface area (Å²) in [4.78, 5) is 8.03. The van der Waals surface area contributed by atoms with Gasteiger partial charge in [-0.3, -0.25) is 0 Å². The van der Waals surface area contributed by atoms with Gasteiger partial charge in [0.2, 0.25) is 0 Å². The highest BCUT2D eigenvalue weighted by Crippen LogP contribution is 2.19. The minimum absolute atomic E-state index is 0.296. The van der Waals surface area contributed by atoms with Gasteiger partial charge in [0.25, 0.3) is 0 Å². The summed E-state index contributed by atoms with van der Waals surface area (Å²) in [5.74, 6) is 1.04. The summed E-state index contributed by atoms with van der Waals surface area (Å²) in [5, 5.41) is 9.81. The largest absolute Gasteiger partial charge is 0.507 e. The first-order valence-corrected chi connectivity index (χ1v) is 7.48. The van der Waals surface area contributed by atoms with E-state index in [0.29, 0.717) is 5.75 Å². The van der Waals surface area contributed by atoms with Crippen molar-refractivity contribution in [3.05, 3.63) is 66.2 Å². The van der Waals surface area contributed by atoms with Gasteiger partial charge in [0.05, 0.1) is 11.9 Å². The molecule has 5 nitrogen and oxygen atoms in total. The van der Waals surface area contributed by atoms with Crippen LogP contribution >= 0.6 is 0 Å². The van der Waals surface area contributed by atoms with E-state index in [-0.39, 0.29) is 0 Å². The number of hydrogen-bond acceptors (Lipinski definition) is 2. The number of aromatic amines is 1. The molecule has 114 valence electrons. The van der Waals surface area contributed by atoms with Crippen molar-refractivity contribution < 1.29 is 9.67 Å². The first kappa shape index (κ1) is 13.6. The molecular formula is C18H17N4O+. The van der Waals surface area contributed by atoms with Gasteiger partial charge in [0.15, 0.2) is 5.52 Å². The number of imidazole rings is 1. The Labute approximate surface area is 133 Å². The van der Waals surface area contributed by atoms with Crippen molar-refractivity contribution in [2.75, 3.05) is 0 Å². The molecule has 0 fully saturated rings. The summed E-state index contributed by atoms with van der Waals surface area (Å²) in [6.07, 6.45) is 5.84. The number of hydrogen-bond donors (Lipinski definition) is 2. The van der Waals surface area contributed by atoms with Crippen LogP contribution in [0.2, 0.25) is 0 Å². The maximum Gasteiger partial charge on any atom is 0.402 e. The summed E-state index contributed by atoms with van der Waals surface area (Å²) in [6, 6.07) is 11.8. The van der Waals surface area contributed by atoms with Crippen molar-refractivity contribution in [2.24, 2.45) is 0 Å². The van der Waals surface area contributed by atoms with Crippen LogP contribution < -0.4 is 4.57 Å². The highest BCUT2D eigenvalue weighted by Gasteiger charge is 2.18. The van der Waals surface area contributed by atoms with Gasteiger partial charge >= 0.3 is 5.95 Å². The van der Waals surface area contributed by atoms with Crippen molar-refractivity contribution in [3.8, 4) is 17.4 Å². The number of rotatable bonds is 2. The van der Waals surface area contributed by atoms with E-state index in [1.165, 1.54) is 0 Å². The Bertz CT molecular complexity index is 999. The lowest BCUT2D eigenvalue weighted by molar-refractivity contribution is -0.610. The number of pyridine rings is 1. The Balaban J connectivity index is 1.85. The Morgan fingerprint density at radius 3 is 2.70 bits per heavy atom. The average Bonchev–Trinajstić information content (AvgIpc) is 3.21. The van der Waals surface area contributed by atoms with E-state index in [9.17, 15) is 5.11 Å². The lowest BCUT2D eigenvalue weighted by Crippen LogP contribution is -2.35. The Hall–Kier alpha value is -3.08. The first-order chi connectivity index (χ1) is 11.1. The maximum absolute atomic E-state index is 9.81. The molecule has 0 aliphatic rings. The summed E-state index contributed by atoms with van der Waals surface area (Å²) in [6.45, 7) is 3.86. The molecule has 3 aromatic heterocycles. The molecule has 0 saturated heterocycles. The van der Waals surface area contributed by atoms with E-state index in [2.05, 4.69) is 21.7 Å². The quantitative estimate of drug-likeness (QED) is 0.559. The van der Waals surface area contributed by atoms with Crippen molar-refractivity contribution in [1.29, 1.82) is 0 Å². The number of benzene rings is 1. The zero-order chi connectivity index (χ0) is 16.0. The van der Waals surface area contributed by atoms with Gasteiger partial charge in [-0.25, -0.2) is 9.55 Å². The van der Waals surface area contributed by atoms with Crippen LogP contribution in [0, 0.1) is 13.8 Å². The molecule has 0 radical (unpaired) electrons. The molecule has 4 aromatic rings. The predicted molar refractivity (Wildman–Crippen MR) is 88.1 cm³/mol. The van der Waals surface area contributed by atoms with E-state index in [4.69, 9.17) is 4.98 Å². The van der Waals surface area contributed by atoms with Gasteiger partial charge in [0, 0.05) is 35.8 Å². The second kappa shape index (κ2) is 4.98. The normalized spacial score (nSPS) is 11.2. The van der Waals surface area contributed by atoms with E-state index in [1.807, 2.05) is 55.2 Å². The highest BCUT2D eigenvalue weighted by molar-refractivity contribution is 5.78. The number of H-pyrrole nitrogens is 1. The Kier molecular flexibility index (Phi) is 2.94. The highest BCUT2D eigenvalue weighted by atomic mass is 16.3. The SMILES string of the molecule is Cc1c(O)cc[n+](-c2nc3cc(-n4cccc4)ccc3[nH]2)c1C. The van der Waals surface area contributed by atoms with Crippen molar-refractivity contribution in [1.82, 2.24) is 14.5 Å². The van der Waals surface area contributed by atoms with Gasteiger partial charge in [-0.1, -0.05) is 4.98 Å². The molecule has 0 bridgehead atoms. The van der Waals surface area contributed by atoms with E-state index in [0.717, 1.165) is 33.9 Å². The molecule has 23 heavy (non-hydrogen) atoms. The lowest BCUT2D eigenvalue weighted by Gasteiger charge is -2.05. The molecule has 4 rings (SSSR count). The van der Waals surface area contributed by atoms with Gasteiger partial charge in [0.1, 0.15) is 11.3 Å². The molecule has 0 saturated carbocycles. The first-order valence-electron chi connectivity index (χ1n) is 7.48. The molecule has 0 unspecified atom stereocenters. The van der Waals surface area contributed by atoms with Crippen LogP contribution in [0.3, 0.4) is 0 Å². The van der Waals surface area contributed by atoms with Crippen LogP contribution in [0.4, 0.5) is 0 Å².